The second-order valence-corrected chi connectivity index (χ2v) is 7.99. The zero-order valence-corrected chi connectivity index (χ0v) is 17.2. The van der Waals surface area contributed by atoms with Crippen molar-refractivity contribution in [2.75, 3.05) is 18.4 Å². The molecule has 0 radical (unpaired) electrons. The van der Waals surface area contributed by atoms with E-state index in [2.05, 4.69) is 31.1 Å². The van der Waals surface area contributed by atoms with Crippen LogP contribution in [0.1, 0.15) is 56.0 Å². The number of anilines is 1. The number of aromatic nitrogens is 1. The summed E-state index contributed by atoms with van der Waals surface area (Å²) < 4.78 is 0. The smallest absolute Gasteiger partial charge is 0.254 e. The van der Waals surface area contributed by atoms with Crippen molar-refractivity contribution in [1.29, 1.82) is 0 Å². The van der Waals surface area contributed by atoms with Gasteiger partial charge in [-0.05, 0) is 42.9 Å². The second-order valence-electron chi connectivity index (χ2n) is 7.10. The van der Waals surface area contributed by atoms with Gasteiger partial charge in [-0.1, -0.05) is 39.3 Å². The summed E-state index contributed by atoms with van der Waals surface area (Å²) in [7, 11) is 0. The van der Waals surface area contributed by atoms with Gasteiger partial charge in [0, 0.05) is 23.7 Å². The quantitative estimate of drug-likeness (QED) is 0.647. The molecule has 146 valence electrons. The molecule has 0 aliphatic carbocycles. The van der Waals surface area contributed by atoms with Crippen molar-refractivity contribution >= 4 is 28.3 Å². The first-order chi connectivity index (χ1) is 13.0. The minimum absolute atomic E-state index is 0.0305. The third-order valence-corrected chi connectivity index (χ3v) is 4.99. The van der Waals surface area contributed by atoms with Crippen LogP contribution < -0.4 is 5.32 Å². The zero-order chi connectivity index (χ0) is 19.6. The number of rotatable bonds is 10. The van der Waals surface area contributed by atoms with Crippen molar-refractivity contribution in [2.24, 2.45) is 5.92 Å². The van der Waals surface area contributed by atoms with Crippen LogP contribution in [0.2, 0.25) is 0 Å². The van der Waals surface area contributed by atoms with E-state index in [4.69, 9.17) is 0 Å². The standard InChI is InChI=1S/C21H29N3O2S/c1-4-5-6-17-7-9-18(10-8-17)20(26)24(13-11-16(2)3)15-19(25)23-21-22-12-14-27-21/h7-10,12,14,16H,4-6,11,13,15H2,1-3H3,(H,22,23,25). The average Bonchev–Trinajstić information content (AvgIpc) is 3.16. The molecule has 0 fully saturated rings. The number of thiazole rings is 1. The molecule has 1 heterocycles. The van der Waals surface area contributed by atoms with Gasteiger partial charge in [-0.3, -0.25) is 9.59 Å². The summed E-state index contributed by atoms with van der Waals surface area (Å²) in [6.07, 6.45) is 5.81. The van der Waals surface area contributed by atoms with E-state index in [-0.39, 0.29) is 18.4 Å². The van der Waals surface area contributed by atoms with Gasteiger partial charge in [0.2, 0.25) is 5.91 Å². The monoisotopic (exact) mass is 387 g/mol. The fourth-order valence-electron chi connectivity index (χ4n) is 2.66. The number of hydrogen-bond acceptors (Lipinski definition) is 4. The van der Waals surface area contributed by atoms with E-state index in [0.717, 1.165) is 25.7 Å². The molecule has 0 spiro atoms. The van der Waals surface area contributed by atoms with Crippen LogP contribution in [0.3, 0.4) is 0 Å². The number of nitrogens with zero attached hydrogens (tertiary/aromatic N) is 2. The first-order valence-corrected chi connectivity index (χ1v) is 10.4. The molecule has 2 rings (SSSR count). The molecule has 0 unspecified atom stereocenters. The van der Waals surface area contributed by atoms with Gasteiger partial charge < -0.3 is 10.2 Å². The lowest BCUT2D eigenvalue weighted by atomic mass is 10.1. The van der Waals surface area contributed by atoms with E-state index in [1.807, 2.05) is 24.3 Å². The molecule has 0 aliphatic rings. The van der Waals surface area contributed by atoms with Gasteiger partial charge in [0.15, 0.2) is 5.13 Å². The molecule has 6 heteroatoms. The van der Waals surface area contributed by atoms with Gasteiger partial charge in [-0.25, -0.2) is 4.98 Å². The number of carbonyl (C=O) groups is 2. The van der Waals surface area contributed by atoms with Crippen molar-refractivity contribution in [3.05, 3.63) is 47.0 Å². The van der Waals surface area contributed by atoms with Gasteiger partial charge >= 0.3 is 0 Å². The molecular formula is C21H29N3O2S. The molecule has 5 nitrogen and oxygen atoms in total. The topological polar surface area (TPSA) is 62.3 Å². The van der Waals surface area contributed by atoms with Crippen molar-refractivity contribution < 1.29 is 9.59 Å². The summed E-state index contributed by atoms with van der Waals surface area (Å²) in [4.78, 5) is 31.0. The van der Waals surface area contributed by atoms with Crippen molar-refractivity contribution in [3.63, 3.8) is 0 Å². The number of amides is 2. The largest absolute Gasteiger partial charge is 0.329 e. The first-order valence-electron chi connectivity index (χ1n) is 9.57. The maximum Gasteiger partial charge on any atom is 0.254 e. The van der Waals surface area contributed by atoms with Crippen LogP contribution in [0, 0.1) is 5.92 Å². The number of hydrogen-bond donors (Lipinski definition) is 1. The van der Waals surface area contributed by atoms with Crippen LogP contribution in [0.4, 0.5) is 5.13 Å². The highest BCUT2D eigenvalue weighted by molar-refractivity contribution is 7.13. The molecule has 27 heavy (non-hydrogen) atoms. The number of aryl methyl sites for hydroxylation is 1. The lowest BCUT2D eigenvalue weighted by Crippen LogP contribution is -2.39. The van der Waals surface area contributed by atoms with E-state index in [9.17, 15) is 9.59 Å². The lowest BCUT2D eigenvalue weighted by Gasteiger charge is -2.23. The fourth-order valence-corrected chi connectivity index (χ4v) is 3.21. The molecule has 1 aromatic heterocycles. The Bertz CT molecular complexity index is 712. The normalized spacial score (nSPS) is 10.8. The van der Waals surface area contributed by atoms with Crippen molar-refractivity contribution in [2.45, 2.75) is 46.5 Å². The summed E-state index contributed by atoms with van der Waals surface area (Å²) >= 11 is 1.36. The van der Waals surface area contributed by atoms with E-state index in [1.54, 1.807) is 16.5 Å². The van der Waals surface area contributed by atoms with E-state index >= 15 is 0 Å². The molecule has 0 aliphatic heterocycles. The Balaban J connectivity index is 2.04. The van der Waals surface area contributed by atoms with E-state index < -0.39 is 0 Å². The van der Waals surface area contributed by atoms with Gasteiger partial charge in [0.05, 0.1) is 0 Å². The predicted octanol–water partition coefficient (Wildman–Crippen LogP) is 4.61. The Kier molecular flexibility index (Phi) is 8.45. The summed E-state index contributed by atoms with van der Waals surface area (Å²) in [6, 6.07) is 7.77. The molecule has 0 bridgehead atoms. The first kappa shape index (κ1) is 21.1. The Morgan fingerprint density at radius 3 is 2.56 bits per heavy atom. The fraction of sp³-hybridized carbons (Fsp3) is 0.476. The molecule has 0 saturated carbocycles. The van der Waals surface area contributed by atoms with Gasteiger partial charge in [0.1, 0.15) is 6.54 Å². The summed E-state index contributed by atoms with van der Waals surface area (Å²) in [5, 5.41) is 5.11. The summed E-state index contributed by atoms with van der Waals surface area (Å²) in [6.45, 7) is 6.98. The third-order valence-electron chi connectivity index (χ3n) is 4.30. The molecule has 0 atom stereocenters. The summed E-state index contributed by atoms with van der Waals surface area (Å²) in [5.41, 5.74) is 1.87. The SMILES string of the molecule is CCCCc1ccc(C(=O)N(CCC(C)C)CC(=O)Nc2nccs2)cc1. The van der Waals surface area contributed by atoms with E-state index in [1.165, 1.54) is 16.9 Å². The predicted molar refractivity (Wildman–Crippen MR) is 111 cm³/mol. The highest BCUT2D eigenvalue weighted by atomic mass is 32.1. The van der Waals surface area contributed by atoms with Crippen LogP contribution in [0.5, 0.6) is 0 Å². The van der Waals surface area contributed by atoms with Gasteiger partial charge in [0.25, 0.3) is 5.91 Å². The molecule has 1 N–H and O–H groups in total. The Morgan fingerprint density at radius 1 is 1.22 bits per heavy atom. The second kappa shape index (κ2) is 10.8. The minimum Gasteiger partial charge on any atom is -0.329 e. The highest BCUT2D eigenvalue weighted by Gasteiger charge is 2.19. The van der Waals surface area contributed by atoms with Crippen molar-refractivity contribution in [3.8, 4) is 0 Å². The number of benzene rings is 1. The molecule has 2 aromatic rings. The van der Waals surface area contributed by atoms with Crippen LogP contribution in [-0.2, 0) is 11.2 Å². The molecule has 0 saturated heterocycles. The van der Waals surface area contributed by atoms with E-state index in [0.29, 0.717) is 23.2 Å². The molecular weight excluding hydrogens is 358 g/mol. The minimum atomic E-state index is -0.221. The van der Waals surface area contributed by atoms with Crippen LogP contribution >= 0.6 is 11.3 Å². The summed E-state index contributed by atoms with van der Waals surface area (Å²) in [5.74, 6) is 0.132. The highest BCUT2D eigenvalue weighted by Crippen LogP contribution is 2.13. The van der Waals surface area contributed by atoms with Gasteiger partial charge in [-0.2, -0.15) is 0 Å². The van der Waals surface area contributed by atoms with Crippen molar-refractivity contribution in [1.82, 2.24) is 9.88 Å². The number of nitrogens with one attached hydrogen (secondary N) is 1. The maximum atomic E-state index is 13.0. The average molecular weight is 388 g/mol. The van der Waals surface area contributed by atoms with Crippen LogP contribution in [-0.4, -0.2) is 34.8 Å². The number of carbonyl (C=O) groups excluding carboxylic acids is 2. The third kappa shape index (κ3) is 7.13. The maximum absolute atomic E-state index is 13.0. The Labute approximate surface area is 165 Å². The Morgan fingerprint density at radius 2 is 1.96 bits per heavy atom. The van der Waals surface area contributed by atoms with Crippen LogP contribution in [0.15, 0.2) is 35.8 Å². The Hall–Kier alpha value is -2.21. The number of unbranched alkanes of at least 4 members (excludes halogenated alkanes) is 1. The molecule has 2 amide bonds. The van der Waals surface area contributed by atoms with Gasteiger partial charge in [-0.15, -0.1) is 11.3 Å². The zero-order valence-electron chi connectivity index (χ0n) is 16.4. The lowest BCUT2D eigenvalue weighted by molar-refractivity contribution is -0.116. The molecule has 1 aromatic carbocycles. The van der Waals surface area contributed by atoms with Crippen LogP contribution in [0.25, 0.3) is 0 Å².